The predicted molar refractivity (Wildman–Crippen MR) is 78.4 cm³/mol. The second-order valence-electron chi connectivity index (χ2n) is 4.91. The van der Waals surface area contributed by atoms with Crippen molar-refractivity contribution >= 4 is 0 Å². The number of aromatic nitrogens is 2. The van der Waals surface area contributed by atoms with E-state index in [-0.39, 0.29) is 5.69 Å². The van der Waals surface area contributed by atoms with E-state index >= 15 is 0 Å². The Bertz CT molecular complexity index is 891. The van der Waals surface area contributed by atoms with Gasteiger partial charge in [-0.3, -0.25) is 0 Å². The summed E-state index contributed by atoms with van der Waals surface area (Å²) in [4.78, 5) is 0. The van der Waals surface area contributed by atoms with Crippen LogP contribution >= 0.6 is 0 Å². The molecule has 0 radical (unpaired) electrons. The standard InChI is InChI=1S/C17H11F2N3/c1-11-3-2-4-14(7-11)22-17(9-13(10-20)21-22)12-5-6-15(18)16(19)8-12/h2-9H,1H3. The second kappa shape index (κ2) is 5.41. The van der Waals surface area contributed by atoms with E-state index in [0.29, 0.717) is 11.3 Å². The number of nitrogens with zero attached hydrogens (tertiary/aromatic N) is 3. The lowest BCUT2D eigenvalue weighted by molar-refractivity contribution is 0.509. The molecular weight excluding hydrogens is 284 g/mol. The SMILES string of the molecule is Cc1cccc(-n2nc(C#N)cc2-c2ccc(F)c(F)c2)c1. The molecular formula is C17H11F2N3. The first-order valence-electron chi connectivity index (χ1n) is 6.61. The van der Waals surface area contributed by atoms with Crippen LogP contribution in [0.5, 0.6) is 0 Å². The van der Waals surface area contributed by atoms with E-state index in [0.717, 1.165) is 23.4 Å². The van der Waals surface area contributed by atoms with Crippen molar-refractivity contribution in [3.8, 4) is 23.0 Å². The molecule has 1 aromatic heterocycles. The smallest absolute Gasteiger partial charge is 0.163 e. The monoisotopic (exact) mass is 295 g/mol. The van der Waals surface area contributed by atoms with Crippen molar-refractivity contribution in [3.05, 3.63) is 71.4 Å². The minimum absolute atomic E-state index is 0.209. The van der Waals surface area contributed by atoms with Gasteiger partial charge in [-0.1, -0.05) is 12.1 Å². The summed E-state index contributed by atoms with van der Waals surface area (Å²) < 4.78 is 28.1. The Hall–Kier alpha value is -3.00. The van der Waals surface area contributed by atoms with Crippen LogP contribution in [0, 0.1) is 29.9 Å². The van der Waals surface area contributed by atoms with Gasteiger partial charge in [0.2, 0.25) is 0 Å². The van der Waals surface area contributed by atoms with Crippen LogP contribution in [0.2, 0.25) is 0 Å². The van der Waals surface area contributed by atoms with Crippen molar-refractivity contribution in [2.24, 2.45) is 0 Å². The van der Waals surface area contributed by atoms with Crippen LogP contribution in [0.25, 0.3) is 16.9 Å². The van der Waals surface area contributed by atoms with Crippen molar-refractivity contribution in [2.45, 2.75) is 6.92 Å². The quantitative estimate of drug-likeness (QED) is 0.717. The van der Waals surface area contributed by atoms with E-state index in [2.05, 4.69) is 5.10 Å². The van der Waals surface area contributed by atoms with Gasteiger partial charge in [0.05, 0.1) is 11.4 Å². The number of aryl methyl sites for hydroxylation is 1. The summed E-state index contributed by atoms with van der Waals surface area (Å²) >= 11 is 0. The van der Waals surface area contributed by atoms with Crippen LogP contribution in [-0.4, -0.2) is 9.78 Å². The van der Waals surface area contributed by atoms with Gasteiger partial charge in [-0.25, -0.2) is 13.5 Å². The lowest BCUT2D eigenvalue weighted by Crippen LogP contribution is -2.00. The van der Waals surface area contributed by atoms with Crippen molar-refractivity contribution in [1.82, 2.24) is 9.78 Å². The van der Waals surface area contributed by atoms with E-state index < -0.39 is 11.6 Å². The fourth-order valence-corrected chi connectivity index (χ4v) is 2.25. The Morgan fingerprint density at radius 1 is 1.05 bits per heavy atom. The van der Waals surface area contributed by atoms with Crippen LogP contribution in [-0.2, 0) is 0 Å². The third kappa shape index (κ3) is 2.47. The Labute approximate surface area is 126 Å². The van der Waals surface area contributed by atoms with Gasteiger partial charge in [-0.15, -0.1) is 0 Å². The van der Waals surface area contributed by atoms with Gasteiger partial charge < -0.3 is 0 Å². The fourth-order valence-electron chi connectivity index (χ4n) is 2.25. The van der Waals surface area contributed by atoms with Gasteiger partial charge in [0.15, 0.2) is 17.3 Å². The Morgan fingerprint density at radius 3 is 2.55 bits per heavy atom. The molecule has 0 saturated carbocycles. The first-order valence-corrected chi connectivity index (χ1v) is 6.61. The van der Waals surface area contributed by atoms with Crippen LogP contribution in [0.3, 0.4) is 0 Å². The molecule has 0 unspecified atom stereocenters. The van der Waals surface area contributed by atoms with Crippen LogP contribution < -0.4 is 0 Å². The molecule has 0 spiro atoms. The van der Waals surface area contributed by atoms with E-state index in [1.165, 1.54) is 6.07 Å². The van der Waals surface area contributed by atoms with Gasteiger partial charge in [-0.05, 0) is 42.8 Å². The first-order chi connectivity index (χ1) is 10.6. The Morgan fingerprint density at radius 2 is 1.86 bits per heavy atom. The lowest BCUT2D eigenvalue weighted by atomic mass is 10.1. The molecule has 0 aliphatic carbocycles. The van der Waals surface area contributed by atoms with Gasteiger partial charge in [0.25, 0.3) is 0 Å². The van der Waals surface area contributed by atoms with Gasteiger partial charge in [-0.2, -0.15) is 10.4 Å². The molecule has 0 atom stereocenters. The number of hydrogen-bond acceptors (Lipinski definition) is 2. The Kier molecular flexibility index (Phi) is 3.43. The summed E-state index contributed by atoms with van der Waals surface area (Å²) in [6.07, 6.45) is 0. The number of rotatable bonds is 2. The van der Waals surface area contributed by atoms with E-state index in [4.69, 9.17) is 5.26 Å². The molecule has 5 heteroatoms. The maximum absolute atomic E-state index is 13.5. The average Bonchev–Trinajstić information content (AvgIpc) is 2.94. The van der Waals surface area contributed by atoms with Gasteiger partial charge >= 0.3 is 0 Å². The van der Waals surface area contributed by atoms with Crippen LogP contribution in [0.15, 0.2) is 48.5 Å². The number of hydrogen-bond donors (Lipinski definition) is 0. The highest BCUT2D eigenvalue weighted by Gasteiger charge is 2.13. The highest BCUT2D eigenvalue weighted by Crippen LogP contribution is 2.25. The molecule has 3 rings (SSSR count). The largest absolute Gasteiger partial charge is 0.232 e. The molecule has 0 saturated heterocycles. The normalized spacial score (nSPS) is 10.5. The Balaban J connectivity index is 2.21. The van der Waals surface area contributed by atoms with Crippen molar-refractivity contribution in [3.63, 3.8) is 0 Å². The molecule has 3 aromatic rings. The minimum atomic E-state index is -0.937. The molecule has 0 aliphatic rings. The summed E-state index contributed by atoms with van der Waals surface area (Å²) in [6, 6.07) is 14.7. The summed E-state index contributed by atoms with van der Waals surface area (Å²) in [5.74, 6) is -1.85. The molecule has 22 heavy (non-hydrogen) atoms. The molecule has 108 valence electrons. The van der Waals surface area contributed by atoms with E-state index in [1.807, 2.05) is 37.3 Å². The fraction of sp³-hybridized carbons (Fsp3) is 0.0588. The molecule has 2 aromatic carbocycles. The zero-order chi connectivity index (χ0) is 15.7. The maximum atomic E-state index is 13.5. The highest BCUT2D eigenvalue weighted by molar-refractivity contribution is 5.64. The summed E-state index contributed by atoms with van der Waals surface area (Å²) in [5, 5.41) is 13.3. The summed E-state index contributed by atoms with van der Waals surface area (Å²) in [7, 11) is 0. The first kappa shape index (κ1) is 14.0. The number of halogens is 2. The summed E-state index contributed by atoms with van der Waals surface area (Å²) in [6.45, 7) is 1.94. The topological polar surface area (TPSA) is 41.6 Å². The lowest BCUT2D eigenvalue weighted by Gasteiger charge is -2.08. The zero-order valence-corrected chi connectivity index (χ0v) is 11.7. The number of benzene rings is 2. The molecule has 0 N–H and O–H groups in total. The number of nitriles is 1. The third-order valence-corrected chi connectivity index (χ3v) is 3.29. The third-order valence-electron chi connectivity index (χ3n) is 3.29. The summed E-state index contributed by atoms with van der Waals surface area (Å²) in [5.41, 5.74) is 2.97. The molecule has 0 aliphatic heterocycles. The predicted octanol–water partition coefficient (Wildman–Crippen LogP) is 4.00. The highest BCUT2D eigenvalue weighted by atomic mass is 19.2. The minimum Gasteiger partial charge on any atom is -0.232 e. The molecule has 0 amide bonds. The maximum Gasteiger partial charge on any atom is 0.163 e. The molecule has 0 bridgehead atoms. The van der Waals surface area contributed by atoms with Crippen molar-refractivity contribution in [1.29, 1.82) is 5.26 Å². The van der Waals surface area contributed by atoms with Crippen molar-refractivity contribution < 1.29 is 8.78 Å². The van der Waals surface area contributed by atoms with Crippen LogP contribution in [0.1, 0.15) is 11.3 Å². The van der Waals surface area contributed by atoms with Gasteiger partial charge in [0, 0.05) is 11.6 Å². The zero-order valence-electron chi connectivity index (χ0n) is 11.7. The van der Waals surface area contributed by atoms with Crippen molar-refractivity contribution in [2.75, 3.05) is 0 Å². The second-order valence-corrected chi connectivity index (χ2v) is 4.91. The molecule has 1 heterocycles. The van der Waals surface area contributed by atoms with Crippen LogP contribution in [0.4, 0.5) is 8.78 Å². The van der Waals surface area contributed by atoms with E-state index in [9.17, 15) is 8.78 Å². The molecule has 3 nitrogen and oxygen atoms in total. The van der Waals surface area contributed by atoms with Gasteiger partial charge in [0.1, 0.15) is 6.07 Å². The molecule has 0 fully saturated rings. The van der Waals surface area contributed by atoms with E-state index in [1.54, 1.807) is 10.7 Å². The average molecular weight is 295 g/mol.